The fourth-order valence-electron chi connectivity index (χ4n) is 1.45. The van der Waals surface area contributed by atoms with Crippen molar-refractivity contribution in [3.05, 3.63) is 29.8 Å². The Morgan fingerprint density at radius 3 is 2.35 bits per heavy atom. The van der Waals surface area contributed by atoms with Crippen molar-refractivity contribution in [3.8, 4) is 0 Å². The summed E-state index contributed by atoms with van der Waals surface area (Å²) in [6.07, 6.45) is 0.752. The minimum atomic E-state index is -0.854. The molecule has 0 spiro atoms. The van der Waals surface area contributed by atoms with Gasteiger partial charge in [-0.15, -0.1) is 11.8 Å². The van der Waals surface area contributed by atoms with E-state index < -0.39 is 5.97 Å². The lowest BCUT2D eigenvalue weighted by Crippen LogP contribution is -2.01. The van der Waals surface area contributed by atoms with E-state index in [1.165, 1.54) is 0 Å². The van der Waals surface area contributed by atoms with Crippen molar-refractivity contribution in [3.63, 3.8) is 0 Å². The average Bonchev–Trinajstić information content (AvgIpc) is 2.30. The second kappa shape index (κ2) is 7.12. The van der Waals surface area contributed by atoms with Gasteiger partial charge in [-0.05, 0) is 24.3 Å². The van der Waals surface area contributed by atoms with Crippen LogP contribution in [-0.4, -0.2) is 22.6 Å². The van der Waals surface area contributed by atoms with Crippen LogP contribution in [-0.2, 0) is 4.79 Å². The molecule has 0 saturated carbocycles. The second-order valence-electron chi connectivity index (χ2n) is 3.63. The van der Waals surface area contributed by atoms with Gasteiger partial charge in [0.2, 0.25) is 0 Å². The largest absolute Gasteiger partial charge is 0.481 e. The van der Waals surface area contributed by atoms with Gasteiger partial charge in [-0.25, -0.2) is 0 Å². The third-order valence-electron chi connectivity index (χ3n) is 2.28. The first-order chi connectivity index (χ1) is 8.13. The minimum Gasteiger partial charge on any atom is -0.481 e. The average molecular weight is 252 g/mol. The molecule has 0 atom stereocenters. The molecule has 0 radical (unpaired) electrons. The van der Waals surface area contributed by atoms with E-state index in [-0.39, 0.29) is 12.2 Å². The van der Waals surface area contributed by atoms with Gasteiger partial charge in [0.15, 0.2) is 5.78 Å². The van der Waals surface area contributed by atoms with Crippen molar-refractivity contribution < 1.29 is 14.7 Å². The molecule has 0 aliphatic heterocycles. The Morgan fingerprint density at radius 2 is 1.82 bits per heavy atom. The Balaban J connectivity index is 2.48. The van der Waals surface area contributed by atoms with E-state index in [1.54, 1.807) is 23.9 Å². The Morgan fingerprint density at radius 1 is 1.18 bits per heavy atom. The summed E-state index contributed by atoms with van der Waals surface area (Å²) < 4.78 is 0. The van der Waals surface area contributed by atoms with E-state index in [0.717, 1.165) is 10.6 Å². The zero-order valence-electron chi connectivity index (χ0n) is 9.81. The van der Waals surface area contributed by atoms with Crippen LogP contribution in [0.2, 0.25) is 0 Å². The predicted octanol–water partition coefficient (Wildman–Crippen LogP) is 3.24. The highest BCUT2D eigenvalue weighted by Crippen LogP contribution is 2.18. The first kappa shape index (κ1) is 13.8. The van der Waals surface area contributed by atoms with E-state index in [4.69, 9.17) is 5.11 Å². The fourth-order valence-corrected chi connectivity index (χ4v) is 2.11. The minimum absolute atomic E-state index is 0.0132. The molecule has 92 valence electrons. The summed E-state index contributed by atoms with van der Waals surface area (Å²) in [4.78, 5) is 23.2. The first-order valence-corrected chi connectivity index (χ1v) is 6.60. The van der Waals surface area contributed by atoms with Crippen molar-refractivity contribution in [1.82, 2.24) is 0 Å². The molecule has 1 aromatic carbocycles. The van der Waals surface area contributed by atoms with Crippen molar-refractivity contribution in [1.29, 1.82) is 0 Å². The highest BCUT2D eigenvalue weighted by atomic mass is 32.2. The number of aliphatic carboxylic acids is 1. The van der Waals surface area contributed by atoms with Crippen LogP contribution in [0.25, 0.3) is 0 Å². The molecule has 17 heavy (non-hydrogen) atoms. The van der Waals surface area contributed by atoms with Gasteiger partial charge < -0.3 is 5.11 Å². The summed E-state index contributed by atoms with van der Waals surface area (Å²) in [5.74, 6) is 0.165. The third-order valence-corrected chi connectivity index (χ3v) is 3.18. The number of ketones is 1. The molecule has 1 rings (SSSR count). The number of carboxylic acid groups (broad SMARTS) is 1. The zero-order chi connectivity index (χ0) is 12.7. The van der Waals surface area contributed by atoms with Gasteiger partial charge in [0, 0.05) is 23.3 Å². The SMILES string of the molecule is CCSc1ccc(C(=O)CCCC(=O)O)cc1. The lowest BCUT2D eigenvalue weighted by molar-refractivity contribution is -0.137. The molecular weight excluding hydrogens is 236 g/mol. The Hall–Kier alpha value is -1.29. The maximum absolute atomic E-state index is 11.7. The van der Waals surface area contributed by atoms with Crippen molar-refractivity contribution >= 4 is 23.5 Å². The van der Waals surface area contributed by atoms with Crippen LogP contribution < -0.4 is 0 Å². The molecule has 0 amide bonds. The molecule has 0 aliphatic rings. The smallest absolute Gasteiger partial charge is 0.303 e. The Bertz CT molecular complexity index is 384. The van der Waals surface area contributed by atoms with Crippen LogP contribution in [0.15, 0.2) is 29.2 Å². The van der Waals surface area contributed by atoms with Crippen LogP contribution >= 0.6 is 11.8 Å². The van der Waals surface area contributed by atoms with Crippen LogP contribution in [0.3, 0.4) is 0 Å². The van der Waals surface area contributed by atoms with Crippen LogP contribution in [0.5, 0.6) is 0 Å². The third kappa shape index (κ3) is 5.04. The molecule has 0 aliphatic carbocycles. The van der Waals surface area contributed by atoms with Gasteiger partial charge in [0.1, 0.15) is 0 Å². The monoisotopic (exact) mass is 252 g/mol. The highest BCUT2D eigenvalue weighted by Gasteiger charge is 2.06. The summed E-state index contributed by atoms with van der Waals surface area (Å²) >= 11 is 1.73. The van der Waals surface area contributed by atoms with E-state index in [0.29, 0.717) is 18.4 Å². The molecule has 3 nitrogen and oxygen atoms in total. The van der Waals surface area contributed by atoms with Crippen molar-refractivity contribution in [2.24, 2.45) is 0 Å². The van der Waals surface area contributed by atoms with Crippen molar-refractivity contribution in [2.75, 3.05) is 5.75 Å². The second-order valence-corrected chi connectivity index (χ2v) is 4.97. The first-order valence-electron chi connectivity index (χ1n) is 5.61. The van der Waals surface area contributed by atoms with E-state index in [1.807, 2.05) is 12.1 Å². The van der Waals surface area contributed by atoms with Crippen LogP contribution in [0.1, 0.15) is 36.5 Å². The van der Waals surface area contributed by atoms with Crippen LogP contribution in [0.4, 0.5) is 0 Å². The standard InChI is InChI=1S/C13H16O3S/c1-2-17-11-8-6-10(7-9-11)12(14)4-3-5-13(15)16/h6-9H,2-5H2,1H3,(H,15,16). The normalized spacial score (nSPS) is 10.2. The zero-order valence-corrected chi connectivity index (χ0v) is 10.6. The number of hydrogen-bond acceptors (Lipinski definition) is 3. The van der Waals surface area contributed by atoms with Gasteiger partial charge in [-0.1, -0.05) is 19.1 Å². The molecule has 1 N–H and O–H groups in total. The number of carbonyl (C=O) groups is 2. The summed E-state index contributed by atoms with van der Waals surface area (Å²) in [6.45, 7) is 2.08. The fraction of sp³-hybridized carbons (Fsp3) is 0.385. The molecule has 0 saturated heterocycles. The highest BCUT2D eigenvalue weighted by molar-refractivity contribution is 7.99. The van der Waals surface area contributed by atoms with Crippen LogP contribution in [0, 0.1) is 0 Å². The van der Waals surface area contributed by atoms with Crippen molar-refractivity contribution in [2.45, 2.75) is 31.1 Å². The molecule has 0 aromatic heterocycles. The Kier molecular flexibility index (Phi) is 5.77. The number of carboxylic acids is 1. The summed E-state index contributed by atoms with van der Waals surface area (Å²) in [6, 6.07) is 7.47. The number of benzene rings is 1. The van der Waals surface area contributed by atoms with Gasteiger partial charge >= 0.3 is 5.97 Å². The molecule has 0 fully saturated rings. The van der Waals surface area contributed by atoms with Gasteiger partial charge in [0.05, 0.1) is 0 Å². The van der Waals surface area contributed by atoms with E-state index in [2.05, 4.69) is 6.92 Å². The number of rotatable bonds is 7. The lowest BCUT2D eigenvalue weighted by atomic mass is 10.1. The number of carbonyl (C=O) groups excluding carboxylic acids is 1. The summed E-state index contributed by atoms with van der Waals surface area (Å²) in [7, 11) is 0. The van der Waals surface area contributed by atoms with E-state index >= 15 is 0 Å². The molecule has 4 heteroatoms. The summed E-state index contributed by atoms with van der Waals surface area (Å²) in [5.41, 5.74) is 0.663. The number of Topliss-reactive ketones (excluding diaryl/α,β-unsaturated/α-hetero) is 1. The summed E-state index contributed by atoms with van der Waals surface area (Å²) in [5, 5.41) is 8.48. The van der Waals surface area contributed by atoms with Gasteiger partial charge in [-0.3, -0.25) is 9.59 Å². The van der Waals surface area contributed by atoms with Gasteiger partial charge in [0.25, 0.3) is 0 Å². The molecule has 0 unspecified atom stereocenters. The van der Waals surface area contributed by atoms with E-state index in [9.17, 15) is 9.59 Å². The predicted molar refractivity (Wildman–Crippen MR) is 68.7 cm³/mol. The number of hydrogen-bond donors (Lipinski definition) is 1. The number of thioether (sulfide) groups is 1. The molecule has 0 bridgehead atoms. The molecule has 1 aromatic rings. The maximum atomic E-state index is 11.7. The molecule has 0 heterocycles. The maximum Gasteiger partial charge on any atom is 0.303 e. The quantitative estimate of drug-likeness (QED) is 0.598. The Labute approximate surface area is 105 Å². The molecular formula is C13H16O3S. The topological polar surface area (TPSA) is 54.4 Å². The van der Waals surface area contributed by atoms with Gasteiger partial charge in [-0.2, -0.15) is 0 Å². The lowest BCUT2D eigenvalue weighted by Gasteiger charge is -2.02.